The molecule has 3 aromatic rings. The van der Waals surface area contributed by atoms with E-state index in [9.17, 15) is 19.5 Å². The fourth-order valence-electron chi connectivity index (χ4n) is 7.61. The molecule has 3 aliphatic rings. The van der Waals surface area contributed by atoms with E-state index in [-0.39, 0.29) is 34.4 Å². The van der Waals surface area contributed by atoms with Crippen LogP contribution in [0.25, 0.3) is 0 Å². The highest BCUT2D eigenvalue weighted by atomic mass is 79.9. The molecule has 1 spiro atoms. The molecule has 47 heavy (non-hydrogen) atoms. The first-order valence-corrected chi connectivity index (χ1v) is 18.0. The summed E-state index contributed by atoms with van der Waals surface area (Å²) >= 11 is 5.40. The van der Waals surface area contributed by atoms with E-state index in [4.69, 9.17) is 4.74 Å². The molecule has 0 radical (unpaired) electrons. The number of aliphatic hydroxyl groups is 1. The highest BCUT2D eigenvalue weighted by Crippen LogP contribution is 2.68. The molecule has 0 aliphatic carbocycles. The third kappa shape index (κ3) is 6.02. The molecule has 3 N–H and O–H groups in total. The first-order valence-electron chi connectivity index (χ1n) is 16.3. The van der Waals surface area contributed by atoms with Crippen LogP contribution >= 0.6 is 27.7 Å². The molecule has 0 saturated carbocycles. The Kier molecular flexibility index (Phi) is 9.87. The summed E-state index contributed by atoms with van der Waals surface area (Å²) in [4.78, 5) is 47.0. The van der Waals surface area contributed by atoms with Crippen molar-refractivity contribution in [2.45, 2.75) is 54.1 Å². The second kappa shape index (κ2) is 13.9. The topological polar surface area (TPSA) is 111 Å². The van der Waals surface area contributed by atoms with Gasteiger partial charge in [0.25, 0.3) is 0 Å². The summed E-state index contributed by atoms with van der Waals surface area (Å²) in [6.07, 6.45) is 0.536. The van der Waals surface area contributed by atoms with E-state index in [2.05, 4.69) is 45.3 Å². The number of carbonyl (C=O) groups is 3. The molecule has 3 heterocycles. The van der Waals surface area contributed by atoms with Gasteiger partial charge in [0.2, 0.25) is 17.7 Å². The van der Waals surface area contributed by atoms with E-state index in [1.807, 2.05) is 61.5 Å². The molecule has 3 fully saturated rings. The molecular formula is C36H41BrN4O5S. The van der Waals surface area contributed by atoms with Crippen molar-refractivity contribution in [3.05, 3.63) is 84.4 Å². The molecule has 3 amide bonds. The number of amides is 3. The summed E-state index contributed by atoms with van der Waals surface area (Å²) in [6, 6.07) is 22.5. The SMILES string of the molecule is CCOc1ccc(NC(=O)[C@H]2[C@H]3C(=O)N([C@H](CO)c4ccccc4)C(C(=O)Nc4ccc(N(CC)CC)cc4)C34CC(Br)[C@@H]2S4)cc1. The molecule has 11 heteroatoms. The second-order valence-electron chi connectivity index (χ2n) is 12.2. The predicted octanol–water partition coefficient (Wildman–Crippen LogP) is 5.71. The van der Waals surface area contributed by atoms with Crippen molar-refractivity contribution in [1.29, 1.82) is 0 Å². The average molecular weight is 722 g/mol. The number of rotatable bonds is 12. The zero-order valence-corrected chi connectivity index (χ0v) is 29.2. The van der Waals surface area contributed by atoms with Gasteiger partial charge >= 0.3 is 0 Å². The molecule has 248 valence electrons. The summed E-state index contributed by atoms with van der Waals surface area (Å²) in [6.45, 7) is 8.02. The molecule has 0 aromatic heterocycles. The Hall–Kier alpha value is -3.54. The Labute approximate surface area is 288 Å². The molecule has 3 saturated heterocycles. The van der Waals surface area contributed by atoms with Crippen molar-refractivity contribution < 1.29 is 24.2 Å². The quantitative estimate of drug-likeness (QED) is 0.206. The van der Waals surface area contributed by atoms with E-state index < -0.39 is 28.7 Å². The zero-order valence-electron chi connectivity index (χ0n) is 26.8. The summed E-state index contributed by atoms with van der Waals surface area (Å²) in [5.41, 5.74) is 3.01. The minimum atomic E-state index is -0.918. The van der Waals surface area contributed by atoms with Gasteiger partial charge < -0.3 is 30.3 Å². The summed E-state index contributed by atoms with van der Waals surface area (Å²) in [5, 5.41) is 16.7. The minimum absolute atomic E-state index is 0.0828. The predicted molar refractivity (Wildman–Crippen MR) is 190 cm³/mol. The average Bonchev–Trinajstić information content (AvgIpc) is 3.68. The van der Waals surface area contributed by atoms with Gasteiger partial charge in [0.05, 0.1) is 35.8 Å². The summed E-state index contributed by atoms with van der Waals surface area (Å²) < 4.78 is 4.67. The second-order valence-corrected chi connectivity index (χ2v) is 14.9. The van der Waals surface area contributed by atoms with Gasteiger partial charge in [-0.2, -0.15) is 0 Å². The number of hydrogen-bond acceptors (Lipinski definition) is 7. The van der Waals surface area contributed by atoms with Gasteiger partial charge in [-0.15, -0.1) is 11.8 Å². The van der Waals surface area contributed by atoms with E-state index in [0.717, 1.165) is 24.3 Å². The van der Waals surface area contributed by atoms with Crippen molar-refractivity contribution in [2.24, 2.45) is 11.8 Å². The summed E-state index contributed by atoms with van der Waals surface area (Å²) in [5.74, 6) is -1.59. The third-order valence-electron chi connectivity index (χ3n) is 9.67. The van der Waals surface area contributed by atoms with Gasteiger partial charge in [-0.25, -0.2) is 0 Å². The van der Waals surface area contributed by atoms with Crippen molar-refractivity contribution in [3.8, 4) is 5.75 Å². The maximum Gasteiger partial charge on any atom is 0.248 e. The van der Waals surface area contributed by atoms with Gasteiger partial charge in [0, 0.05) is 40.2 Å². The molecule has 6 rings (SSSR count). The van der Waals surface area contributed by atoms with Gasteiger partial charge in [-0.05, 0) is 81.3 Å². The lowest BCUT2D eigenvalue weighted by Crippen LogP contribution is -2.53. The number of nitrogens with zero attached hydrogens (tertiary/aromatic N) is 2. The number of carbonyl (C=O) groups excluding carboxylic acids is 3. The number of likely N-dealkylation sites (tertiary alicyclic amines) is 1. The van der Waals surface area contributed by atoms with Gasteiger partial charge in [0.1, 0.15) is 11.8 Å². The lowest BCUT2D eigenvalue weighted by molar-refractivity contribution is -0.141. The van der Waals surface area contributed by atoms with Crippen LogP contribution in [0.5, 0.6) is 5.75 Å². The number of hydrogen-bond donors (Lipinski definition) is 3. The molecule has 9 nitrogen and oxygen atoms in total. The fraction of sp³-hybridized carbons (Fsp3) is 0.417. The first kappa shape index (κ1) is 33.4. The molecule has 3 aliphatic heterocycles. The van der Waals surface area contributed by atoms with Crippen molar-refractivity contribution in [2.75, 3.05) is 41.8 Å². The number of thioether (sulfide) groups is 1. The molecule has 2 bridgehead atoms. The number of ether oxygens (including phenoxy) is 1. The standard InChI is InChI=1S/C36H41BrN4O5S/c1-4-40(5-2)25-16-12-23(13-17-25)39-34(44)32-36-20-27(37)31(47-36)29(33(43)38-24-14-18-26(19-15-24)46-6-3)30(36)35(45)41(32)28(21-42)22-10-8-7-9-11-22/h7-19,27-32,42H,4-6,20-21H2,1-3H3,(H,38,43)(H,39,44)/t27?,28-,29+,30+,31+,32?,36?/m1/s1. The molecule has 7 atom stereocenters. The van der Waals surface area contributed by atoms with Crippen LogP contribution in [0.15, 0.2) is 78.9 Å². The fourth-order valence-corrected chi connectivity index (χ4v) is 11.2. The van der Waals surface area contributed by atoms with Crippen LogP contribution in [0.4, 0.5) is 17.1 Å². The highest BCUT2D eigenvalue weighted by Gasteiger charge is 2.76. The number of nitrogens with one attached hydrogen (secondary N) is 2. The van der Waals surface area contributed by atoms with Gasteiger partial charge in [-0.1, -0.05) is 46.3 Å². The maximum atomic E-state index is 14.7. The van der Waals surface area contributed by atoms with Crippen molar-refractivity contribution in [3.63, 3.8) is 0 Å². The Bertz CT molecular complexity index is 1590. The Balaban J connectivity index is 1.35. The van der Waals surface area contributed by atoms with Crippen LogP contribution in [0.2, 0.25) is 0 Å². The smallest absolute Gasteiger partial charge is 0.248 e. The molecule has 3 unspecified atom stereocenters. The molecular weight excluding hydrogens is 680 g/mol. The lowest BCUT2D eigenvalue weighted by atomic mass is 9.70. The van der Waals surface area contributed by atoms with Crippen molar-refractivity contribution >= 4 is 62.5 Å². The number of benzene rings is 3. The number of fused-ring (bicyclic) bond motifs is 1. The Morgan fingerprint density at radius 2 is 1.60 bits per heavy atom. The zero-order chi connectivity index (χ0) is 33.3. The van der Waals surface area contributed by atoms with E-state index in [1.54, 1.807) is 40.9 Å². The van der Waals surface area contributed by atoms with Crippen LogP contribution in [0.1, 0.15) is 38.8 Å². The molecule has 3 aromatic carbocycles. The van der Waals surface area contributed by atoms with Crippen LogP contribution in [-0.4, -0.2) is 74.9 Å². The highest BCUT2D eigenvalue weighted by molar-refractivity contribution is 9.09. The third-order valence-corrected chi connectivity index (χ3v) is 12.9. The number of halogens is 1. The normalized spacial score (nSPS) is 26.5. The van der Waals surface area contributed by atoms with Crippen LogP contribution in [0, 0.1) is 11.8 Å². The minimum Gasteiger partial charge on any atom is -0.494 e. The number of aliphatic hydroxyl groups excluding tert-OH is 1. The van der Waals surface area contributed by atoms with Crippen LogP contribution in [-0.2, 0) is 14.4 Å². The van der Waals surface area contributed by atoms with E-state index in [1.165, 1.54) is 0 Å². The number of anilines is 3. The Morgan fingerprint density at radius 1 is 0.979 bits per heavy atom. The first-order chi connectivity index (χ1) is 22.8. The van der Waals surface area contributed by atoms with Crippen LogP contribution < -0.4 is 20.3 Å². The largest absolute Gasteiger partial charge is 0.494 e. The monoisotopic (exact) mass is 720 g/mol. The van der Waals surface area contributed by atoms with E-state index in [0.29, 0.717) is 30.2 Å². The lowest BCUT2D eigenvalue weighted by Gasteiger charge is -2.37. The number of alkyl halides is 1. The Morgan fingerprint density at radius 3 is 2.19 bits per heavy atom. The van der Waals surface area contributed by atoms with Gasteiger partial charge in [-0.3, -0.25) is 14.4 Å². The van der Waals surface area contributed by atoms with Crippen molar-refractivity contribution in [1.82, 2.24) is 4.90 Å². The van der Waals surface area contributed by atoms with Gasteiger partial charge in [0.15, 0.2) is 0 Å². The summed E-state index contributed by atoms with van der Waals surface area (Å²) in [7, 11) is 0. The maximum absolute atomic E-state index is 14.7. The van der Waals surface area contributed by atoms with Crippen LogP contribution in [0.3, 0.4) is 0 Å². The van der Waals surface area contributed by atoms with E-state index >= 15 is 0 Å².